The monoisotopic (exact) mass is 409 g/mol. The van der Waals surface area contributed by atoms with Gasteiger partial charge in [0, 0.05) is 18.6 Å². The normalized spacial score (nSPS) is 11.8. The largest absolute Gasteiger partial charge is 0.492 e. The molecule has 0 aliphatic rings. The predicted molar refractivity (Wildman–Crippen MR) is 88.8 cm³/mol. The summed E-state index contributed by atoms with van der Waals surface area (Å²) < 4.78 is 32.4. The molecule has 0 saturated heterocycles. The van der Waals surface area contributed by atoms with Gasteiger partial charge in [0.1, 0.15) is 16.6 Å². The van der Waals surface area contributed by atoms with E-state index in [-0.39, 0.29) is 13.2 Å². The highest BCUT2D eigenvalue weighted by atomic mass is 79.9. The fourth-order valence-electron chi connectivity index (χ4n) is 1.56. The molecule has 2 aromatic rings. The fraction of sp³-hybridized carbons (Fsp3) is 0.231. The van der Waals surface area contributed by atoms with Crippen LogP contribution in [-0.2, 0) is 10.0 Å². The first kappa shape index (κ1) is 16.8. The van der Waals surface area contributed by atoms with Gasteiger partial charge in [-0.15, -0.1) is 11.3 Å². The van der Waals surface area contributed by atoms with Gasteiger partial charge in [0.15, 0.2) is 0 Å². The summed E-state index contributed by atoms with van der Waals surface area (Å²) in [6, 6.07) is 10.3. The third kappa shape index (κ3) is 4.43. The van der Waals surface area contributed by atoms with Crippen LogP contribution in [0, 0.1) is 0 Å². The van der Waals surface area contributed by atoms with Crippen LogP contribution in [0.3, 0.4) is 0 Å². The molecular formula is C13H13BrClNO3S2. The molecule has 0 amide bonds. The van der Waals surface area contributed by atoms with Crippen LogP contribution < -0.4 is 4.74 Å². The Balaban J connectivity index is 1.94. The van der Waals surface area contributed by atoms with Gasteiger partial charge in [0.2, 0.25) is 0 Å². The summed E-state index contributed by atoms with van der Waals surface area (Å²) in [4.78, 5) is 0. The van der Waals surface area contributed by atoms with Crippen LogP contribution in [0.25, 0.3) is 0 Å². The van der Waals surface area contributed by atoms with Gasteiger partial charge in [0.05, 0.1) is 3.79 Å². The maximum Gasteiger partial charge on any atom is 0.252 e. The first-order valence-electron chi connectivity index (χ1n) is 5.99. The van der Waals surface area contributed by atoms with E-state index in [2.05, 4.69) is 15.9 Å². The molecular weight excluding hydrogens is 398 g/mol. The number of benzene rings is 1. The topological polar surface area (TPSA) is 46.6 Å². The van der Waals surface area contributed by atoms with E-state index < -0.39 is 10.0 Å². The number of halogens is 2. The number of rotatable bonds is 6. The lowest BCUT2D eigenvalue weighted by Crippen LogP contribution is -2.30. The maximum atomic E-state index is 12.3. The van der Waals surface area contributed by atoms with Crippen molar-refractivity contribution in [3.63, 3.8) is 0 Å². The van der Waals surface area contributed by atoms with Crippen molar-refractivity contribution in [3.8, 4) is 5.75 Å². The fourth-order valence-corrected chi connectivity index (χ4v) is 5.11. The zero-order valence-corrected chi connectivity index (χ0v) is 15.1. The molecule has 1 heterocycles. The second-order valence-electron chi connectivity index (χ2n) is 4.19. The molecule has 0 radical (unpaired) electrons. The number of hydrogen-bond acceptors (Lipinski definition) is 4. The minimum atomic E-state index is -3.46. The van der Waals surface area contributed by atoms with Crippen LogP contribution in [0.15, 0.2) is 44.4 Å². The molecule has 0 aliphatic carbocycles. The van der Waals surface area contributed by atoms with E-state index in [1.807, 2.05) is 0 Å². The SMILES string of the molecule is CN(CCOc1cccc(Cl)c1)S(=O)(=O)c1ccc(Br)s1. The highest BCUT2D eigenvalue weighted by Crippen LogP contribution is 2.27. The molecule has 0 fully saturated rings. The summed E-state index contributed by atoms with van der Waals surface area (Å²) >= 11 is 10.3. The van der Waals surface area contributed by atoms with Crippen LogP contribution in [0.5, 0.6) is 5.75 Å². The Hall–Kier alpha value is -0.600. The Bertz CT molecular complexity index is 718. The molecule has 0 aliphatic heterocycles. The lowest BCUT2D eigenvalue weighted by molar-refractivity contribution is 0.287. The lowest BCUT2D eigenvalue weighted by atomic mass is 10.3. The Morgan fingerprint density at radius 3 is 2.71 bits per heavy atom. The second kappa shape index (κ2) is 7.11. The summed E-state index contributed by atoms with van der Waals surface area (Å²) in [6.07, 6.45) is 0. The van der Waals surface area contributed by atoms with Gasteiger partial charge >= 0.3 is 0 Å². The van der Waals surface area contributed by atoms with Crippen LogP contribution >= 0.6 is 38.9 Å². The van der Waals surface area contributed by atoms with Gasteiger partial charge in [-0.1, -0.05) is 17.7 Å². The molecule has 0 spiro atoms. The summed E-state index contributed by atoms with van der Waals surface area (Å²) in [5.41, 5.74) is 0. The molecule has 8 heteroatoms. The molecule has 1 aromatic heterocycles. The average Bonchev–Trinajstić information content (AvgIpc) is 2.86. The van der Waals surface area contributed by atoms with Crippen molar-refractivity contribution in [2.45, 2.75) is 4.21 Å². The molecule has 0 bridgehead atoms. The molecule has 0 saturated carbocycles. The third-order valence-corrected chi connectivity index (χ3v) is 6.87. The Labute approximate surface area is 141 Å². The van der Waals surface area contributed by atoms with Crippen molar-refractivity contribution in [1.29, 1.82) is 0 Å². The third-order valence-electron chi connectivity index (χ3n) is 2.68. The molecule has 0 unspecified atom stereocenters. The molecule has 0 atom stereocenters. The Morgan fingerprint density at radius 1 is 1.33 bits per heavy atom. The summed E-state index contributed by atoms with van der Waals surface area (Å²) in [5, 5.41) is 0.580. The van der Waals surface area contributed by atoms with E-state index in [4.69, 9.17) is 16.3 Å². The molecule has 2 rings (SSSR count). The molecule has 21 heavy (non-hydrogen) atoms. The van der Waals surface area contributed by atoms with Gasteiger partial charge in [0.25, 0.3) is 10.0 Å². The standard InChI is InChI=1S/C13H13BrClNO3S2/c1-16(21(17,18)13-6-5-12(14)20-13)7-8-19-11-4-2-3-10(15)9-11/h2-6,9H,7-8H2,1H3. The van der Waals surface area contributed by atoms with Crippen molar-refractivity contribution in [2.75, 3.05) is 20.2 Å². The number of hydrogen-bond donors (Lipinski definition) is 0. The van der Waals surface area contributed by atoms with Gasteiger partial charge in [-0.2, -0.15) is 4.31 Å². The molecule has 114 valence electrons. The first-order chi connectivity index (χ1) is 9.89. The average molecular weight is 411 g/mol. The van der Waals surface area contributed by atoms with E-state index in [0.29, 0.717) is 15.0 Å². The minimum absolute atomic E-state index is 0.253. The van der Waals surface area contributed by atoms with Crippen molar-refractivity contribution in [1.82, 2.24) is 4.31 Å². The smallest absolute Gasteiger partial charge is 0.252 e. The van der Waals surface area contributed by atoms with Gasteiger partial charge in [-0.05, 0) is 46.3 Å². The van der Waals surface area contributed by atoms with Crippen LogP contribution in [0.4, 0.5) is 0 Å². The number of sulfonamides is 1. The zero-order chi connectivity index (χ0) is 15.5. The minimum Gasteiger partial charge on any atom is -0.492 e. The molecule has 1 aromatic carbocycles. The van der Waals surface area contributed by atoms with E-state index in [1.165, 1.54) is 22.7 Å². The van der Waals surface area contributed by atoms with Gasteiger partial charge < -0.3 is 4.74 Å². The van der Waals surface area contributed by atoms with Crippen LogP contribution in [-0.4, -0.2) is 32.9 Å². The Kier molecular flexibility index (Phi) is 5.67. The van der Waals surface area contributed by atoms with Crippen molar-refractivity contribution < 1.29 is 13.2 Å². The molecule has 0 N–H and O–H groups in total. The van der Waals surface area contributed by atoms with E-state index in [9.17, 15) is 8.42 Å². The summed E-state index contributed by atoms with van der Waals surface area (Å²) in [6.45, 7) is 0.507. The van der Waals surface area contributed by atoms with Gasteiger partial charge in [-0.25, -0.2) is 8.42 Å². The maximum absolute atomic E-state index is 12.3. The number of likely N-dealkylation sites (N-methyl/N-ethyl adjacent to an activating group) is 1. The number of nitrogens with zero attached hydrogens (tertiary/aromatic N) is 1. The first-order valence-corrected chi connectivity index (χ1v) is 9.42. The highest BCUT2D eigenvalue weighted by Gasteiger charge is 2.22. The summed E-state index contributed by atoms with van der Waals surface area (Å²) in [5.74, 6) is 0.618. The van der Waals surface area contributed by atoms with Crippen LogP contribution in [0.1, 0.15) is 0 Å². The van der Waals surface area contributed by atoms with E-state index in [0.717, 1.165) is 3.79 Å². The molecule has 4 nitrogen and oxygen atoms in total. The van der Waals surface area contributed by atoms with E-state index >= 15 is 0 Å². The Morgan fingerprint density at radius 2 is 2.10 bits per heavy atom. The highest BCUT2D eigenvalue weighted by molar-refractivity contribution is 9.11. The second-order valence-corrected chi connectivity index (χ2v) is 9.36. The van der Waals surface area contributed by atoms with Crippen molar-refractivity contribution >= 4 is 48.9 Å². The van der Waals surface area contributed by atoms with Crippen molar-refractivity contribution in [3.05, 3.63) is 45.2 Å². The number of ether oxygens (including phenoxy) is 1. The van der Waals surface area contributed by atoms with Gasteiger partial charge in [-0.3, -0.25) is 0 Å². The number of thiophene rings is 1. The lowest BCUT2D eigenvalue weighted by Gasteiger charge is -2.16. The van der Waals surface area contributed by atoms with E-state index in [1.54, 1.807) is 36.4 Å². The quantitative estimate of drug-likeness (QED) is 0.726. The van der Waals surface area contributed by atoms with Crippen molar-refractivity contribution in [2.24, 2.45) is 0 Å². The van der Waals surface area contributed by atoms with Crippen LogP contribution in [0.2, 0.25) is 5.02 Å². The summed E-state index contributed by atoms with van der Waals surface area (Å²) in [7, 11) is -1.93. The zero-order valence-electron chi connectivity index (χ0n) is 11.1. The predicted octanol–water partition coefficient (Wildman–Crippen LogP) is 3.86.